The van der Waals surface area contributed by atoms with Crippen LogP contribution >= 0.6 is 0 Å². The molecule has 0 unspecified atom stereocenters. The van der Waals surface area contributed by atoms with Gasteiger partial charge in [-0.3, -0.25) is 24.6 Å². The van der Waals surface area contributed by atoms with Crippen molar-refractivity contribution in [3.8, 4) is 0 Å². The fraction of sp³-hybridized carbons (Fsp3) is 0.913. The van der Waals surface area contributed by atoms with Crippen LogP contribution in [0, 0.1) is 5.92 Å². The molecular formula is C46H92N6O6. The van der Waals surface area contributed by atoms with E-state index in [1.807, 2.05) is 37.5 Å². The van der Waals surface area contributed by atoms with Gasteiger partial charge in [-0.1, -0.05) is 144 Å². The van der Waals surface area contributed by atoms with Gasteiger partial charge in [0.05, 0.1) is 13.2 Å². The van der Waals surface area contributed by atoms with Crippen molar-refractivity contribution in [1.29, 1.82) is 0 Å². The number of nitrogens with zero attached hydrogens (tertiary/aromatic N) is 2. The summed E-state index contributed by atoms with van der Waals surface area (Å²) in [4.78, 5) is 55.8. The predicted octanol–water partition coefficient (Wildman–Crippen LogP) is 7.20. The molecule has 12 nitrogen and oxygen atoms in total. The molecule has 12 heteroatoms. The highest BCUT2D eigenvalue weighted by atomic mass is 16.3. The average molecular weight is 825 g/mol. The zero-order chi connectivity index (χ0) is 43.2. The van der Waals surface area contributed by atoms with Crippen LogP contribution in [0.5, 0.6) is 0 Å². The molecule has 3 amide bonds. The molecule has 0 aromatic rings. The molecule has 0 aromatic heterocycles. The number of aliphatic hydroxyl groups excluding tert-OH is 2. The van der Waals surface area contributed by atoms with Crippen molar-refractivity contribution in [3.63, 3.8) is 0 Å². The third kappa shape index (κ3) is 30.9. The number of carbonyl (C=O) groups excluding carboxylic acids is 4. The maximum absolute atomic E-state index is 13.5. The first kappa shape index (κ1) is 55.9. The Bertz CT molecular complexity index is 1020. The first-order valence-electron chi connectivity index (χ1n) is 23.8. The summed E-state index contributed by atoms with van der Waals surface area (Å²) in [7, 11) is 0. The molecule has 2 atom stereocenters. The van der Waals surface area contributed by atoms with E-state index in [0.29, 0.717) is 65.0 Å². The summed E-state index contributed by atoms with van der Waals surface area (Å²) in [5, 5.41) is 25.3. The number of ketones is 1. The monoisotopic (exact) mass is 825 g/mol. The van der Waals surface area contributed by atoms with Gasteiger partial charge in [0.15, 0.2) is 5.78 Å². The number of amides is 3. The molecule has 0 aliphatic rings. The van der Waals surface area contributed by atoms with Crippen molar-refractivity contribution >= 4 is 23.5 Å². The van der Waals surface area contributed by atoms with Gasteiger partial charge in [-0.2, -0.15) is 0 Å². The molecular weight excluding hydrogens is 733 g/mol. The number of nitrogens with one attached hydrogen (secondary N) is 4. The lowest BCUT2D eigenvalue weighted by molar-refractivity contribution is -0.133. The topological polar surface area (TPSA) is 163 Å². The van der Waals surface area contributed by atoms with Gasteiger partial charge < -0.3 is 30.6 Å². The molecule has 0 radical (unpaired) electrons. The van der Waals surface area contributed by atoms with E-state index in [0.717, 1.165) is 44.9 Å². The van der Waals surface area contributed by atoms with E-state index in [-0.39, 0.29) is 48.7 Å². The summed E-state index contributed by atoms with van der Waals surface area (Å²) < 4.78 is 0. The van der Waals surface area contributed by atoms with Crippen molar-refractivity contribution < 1.29 is 29.4 Å². The highest BCUT2D eigenvalue weighted by Crippen LogP contribution is 2.14. The van der Waals surface area contributed by atoms with E-state index >= 15 is 0 Å². The van der Waals surface area contributed by atoms with Gasteiger partial charge in [-0.05, 0) is 38.5 Å². The molecule has 0 aromatic carbocycles. The molecule has 342 valence electrons. The summed E-state index contributed by atoms with van der Waals surface area (Å²) in [6.07, 6.45) is 25.5. The Morgan fingerprint density at radius 1 is 0.500 bits per heavy atom. The lowest BCUT2D eigenvalue weighted by atomic mass is 10.0. The van der Waals surface area contributed by atoms with E-state index in [2.05, 4.69) is 35.3 Å². The van der Waals surface area contributed by atoms with Crippen LogP contribution in [0.4, 0.5) is 0 Å². The fourth-order valence-corrected chi connectivity index (χ4v) is 7.20. The minimum atomic E-state index is -0.661. The Morgan fingerprint density at radius 3 is 1.29 bits per heavy atom. The quantitative estimate of drug-likeness (QED) is 0.0276. The van der Waals surface area contributed by atoms with Crippen LogP contribution in [0.3, 0.4) is 0 Å². The van der Waals surface area contributed by atoms with E-state index < -0.39 is 12.1 Å². The van der Waals surface area contributed by atoms with Crippen LogP contribution in [0.1, 0.15) is 196 Å². The van der Waals surface area contributed by atoms with Gasteiger partial charge in [0.25, 0.3) is 0 Å². The number of hydrogen-bond donors (Lipinski definition) is 6. The lowest BCUT2D eigenvalue weighted by Crippen LogP contribution is -2.49. The maximum atomic E-state index is 13.5. The zero-order valence-electron chi connectivity index (χ0n) is 38.4. The third-order valence-corrected chi connectivity index (χ3v) is 10.8. The molecule has 0 saturated carbocycles. The van der Waals surface area contributed by atoms with Gasteiger partial charge in [-0.25, -0.2) is 5.43 Å². The molecule has 0 rings (SSSR count). The summed E-state index contributed by atoms with van der Waals surface area (Å²) in [5.41, 5.74) is 6.02. The van der Waals surface area contributed by atoms with Crippen molar-refractivity contribution in [2.45, 2.75) is 214 Å². The van der Waals surface area contributed by atoms with Crippen molar-refractivity contribution in [1.82, 2.24) is 31.3 Å². The first-order chi connectivity index (χ1) is 28.0. The van der Waals surface area contributed by atoms with Crippen LogP contribution in [-0.4, -0.2) is 114 Å². The van der Waals surface area contributed by atoms with E-state index in [4.69, 9.17) is 0 Å². The Balaban J connectivity index is 5.23. The summed E-state index contributed by atoms with van der Waals surface area (Å²) >= 11 is 0. The number of unbranched alkanes of at least 4 members (excludes halogenated alkanes) is 17. The van der Waals surface area contributed by atoms with Crippen LogP contribution < -0.4 is 21.5 Å². The van der Waals surface area contributed by atoms with Gasteiger partial charge in [0.2, 0.25) is 17.7 Å². The van der Waals surface area contributed by atoms with Crippen LogP contribution in [-0.2, 0) is 19.2 Å². The second kappa shape index (κ2) is 39.0. The molecule has 58 heavy (non-hydrogen) atoms. The summed E-state index contributed by atoms with van der Waals surface area (Å²) in [6, 6.07) is -1.25. The van der Waals surface area contributed by atoms with Crippen molar-refractivity contribution in [2.24, 2.45) is 5.92 Å². The highest BCUT2D eigenvalue weighted by Gasteiger charge is 2.21. The van der Waals surface area contributed by atoms with Gasteiger partial charge in [0, 0.05) is 64.1 Å². The van der Waals surface area contributed by atoms with Gasteiger partial charge in [-0.15, -0.1) is 0 Å². The number of rotatable bonds is 42. The number of hydrazine groups is 1. The minimum Gasteiger partial charge on any atom is -0.394 e. The molecule has 0 saturated heterocycles. The molecule has 0 spiro atoms. The second-order valence-corrected chi connectivity index (χ2v) is 17.0. The number of carbonyl (C=O) groups is 4. The van der Waals surface area contributed by atoms with Gasteiger partial charge >= 0.3 is 0 Å². The minimum absolute atomic E-state index is 0.0486. The van der Waals surface area contributed by atoms with Crippen LogP contribution in [0.2, 0.25) is 0 Å². The third-order valence-electron chi connectivity index (χ3n) is 10.8. The Kier molecular flexibility index (Phi) is 37.6. The van der Waals surface area contributed by atoms with Gasteiger partial charge in [0.1, 0.15) is 12.1 Å². The molecule has 0 heterocycles. The standard InChI is InChI=1S/C46H92N6O6/c1-7-9-11-13-15-17-19-21-23-29-43(55)51(35-27-31-47-46(58)42(38-54)49-40(5)6)33-25-26-34-52(36-28-32-48-50-41(37-53)45(57)39(3)4)44(56)30-24-22-20-18-16-14-12-10-8-2/h39-42,48-50,53-54H,7-38H2,1-6H3,(H,47,58)/t41-,42-/m0/s1. The summed E-state index contributed by atoms with van der Waals surface area (Å²) in [6.45, 7) is 14.8. The number of aliphatic hydroxyl groups is 2. The molecule has 0 fully saturated rings. The Morgan fingerprint density at radius 2 is 0.897 bits per heavy atom. The molecule has 0 aliphatic heterocycles. The predicted molar refractivity (Wildman–Crippen MR) is 239 cm³/mol. The maximum Gasteiger partial charge on any atom is 0.239 e. The second-order valence-electron chi connectivity index (χ2n) is 17.0. The Hall–Kier alpha value is -2.12. The normalized spacial score (nSPS) is 12.6. The van der Waals surface area contributed by atoms with Crippen LogP contribution in [0.25, 0.3) is 0 Å². The zero-order valence-corrected chi connectivity index (χ0v) is 38.4. The number of hydrogen-bond acceptors (Lipinski definition) is 9. The summed E-state index contributed by atoms with van der Waals surface area (Å²) in [5.74, 6) is -0.148. The fourth-order valence-electron chi connectivity index (χ4n) is 7.20. The lowest BCUT2D eigenvalue weighted by Gasteiger charge is -2.26. The first-order valence-corrected chi connectivity index (χ1v) is 23.8. The smallest absolute Gasteiger partial charge is 0.239 e. The van der Waals surface area contributed by atoms with E-state index in [1.54, 1.807) is 0 Å². The average Bonchev–Trinajstić information content (AvgIpc) is 3.20. The molecule has 0 aliphatic carbocycles. The van der Waals surface area contributed by atoms with E-state index in [9.17, 15) is 29.4 Å². The van der Waals surface area contributed by atoms with Crippen LogP contribution in [0.15, 0.2) is 0 Å². The highest BCUT2D eigenvalue weighted by molar-refractivity contribution is 5.85. The largest absolute Gasteiger partial charge is 0.394 e. The molecule has 0 bridgehead atoms. The van der Waals surface area contributed by atoms with Crippen molar-refractivity contribution in [3.05, 3.63) is 0 Å². The Labute approximate surface area is 355 Å². The van der Waals surface area contributed by atoms with E-state index in [1.165, 1.54) is 83.5 Å². The number of Topliss-reactive ketones (excluding diaryl/α,β-unsaturated/α-hetero) is 1. The SMILES string of the molecule is CCCCCCCCCCCC(=O)N(CCCCN(CCCNC(=O)[C@H](CO)NC(C)C)C(=O)CCCCCCCCCCC)CCCNN[C@@H](CO)C(=O)C(C)C. The molecule has 6 N–H and O–H groups in total. The van der Waals surface area contributed by atoms with Crippen molar-refractivity contribution in [2.75, 3.05) is 52.5 Å².